The number of nitrogens with zero attached hydrogens (tertiary/aromatic N) is 3. The summed E-state index contributed by atoms with van der Waals surface area (Å²) in [5.41, 5.74) is 6.29. The van der Waals surface area contributed by atoms with Gasteiger partial charge in [0.1, 0.15) is 0 Å². The van der Waals surface area contributed by atoms with Gasteiger partial charge in [0.15, 0.2) is 0 Å². The Bertz CT molecular complexity index is 975. The first-order valence-electron chi connectivity index (χ1n) is 9.10. The van der Waals surface area contributed by atoms with Crippen LogP contribution in [0.5, 0.6) is 0 Å². The van der Waals surface area contributed by atoms with Crippen molar-refractivity contribution in [1.29, 1.82) is 0 Å². The van der Waals surface area contributed by atoms with Crippen LogP contribution in [0.4, 0.5) is 11.4 Å². The Balaban J connectivity index is 1.44. The summed E-state index contributed by atoms with van der Waals surface area (Å²) in [6, 6.07) is 30.4. The largest absolute Gasteiger partial charge is 0.265 e. The Labute approximate surface area is 164 Å². The molecule has 0 spiro atoms. The summed E-state index contributed by atoms with van der Waals surface area (Å²) in [4.78, 5) is 13.0. The van der Waals surface area contributed by atoms with Crippen LogP contribution < -0.4 is 0 Å². The van der Waals surface area contributed by atoms with Crippen molar-refractivity contribution in [3.63, 3.8) is 0 Å². The molecular formula is C25H19N3. The van der Waals surface area contributed by atoms with Gasteiger partial charge in [0, 0.05) is 24.8 Å². The lowest BCUT2D eigenvalue weighted by molar-refractivity contribution is 1.32. The monoisotopic (exact) mass is 361 g/mol. The fourth-order valence-electron chi connectivity index (χ4n) is 2.77. The number of hydrogen-bond acceptors (Lipinski definition) is 3. The molecule has 0 atom stereocenters. The zero-order valence-corrected chi connectivity index (χ0v) is 15.3. The van der Waals surface area contributed by atoms with Crippen molar-refractivity contribution in [3.05, 3.63) is 115 Å². The standard InChI is InChI=1S/C25H19N3/c1-2-4-20(5-3-1)18-27-24-10-6-22(7-11-24)23-8-12-25(13-9-23)28-19-21-14-16-26-17-15-21/h1-19H. The molecule has 28 heavy (non-hydrogen) atoms. The molecule has 3 nitrogen and oxygen atoms in total. The number of benzene rings is 3. The second-order valence-electron chi connectivity index (χ2n) is 6.30. The molecule has 0 fully saturated rings. The van der Waals surface area contributed by atoms with Crippen LogP contribution in [0.1, 0.15) is 11.1 Å². The van der Waals surface area contributed by atoms with E-state index >= 15 is 0 Å². The lowest BCUT2D eigenvalue weighted by Gasteiger charge is -2.03. The maximum atomic E-state index is 4.53. The molecule has 1 aromatic heterocycles. The van der Waals surface area contributed by atoms with Gasteiger partial charge in [0.25, 0.3) is 0 Å². The highest BCUT2D eigenvalue weighted by Gasteiger charge is 1.98. The molecule has 3 aromatic carbocycles. The summed E-state index contributed by atoms with van der Waals surface area (Å²) >= 11 is 0. The van der Waals surface area contributed by atoms with E-state index < -0.39 is 0 Å². The van der Waals surface area contributed by atoms with Crippen molar-refractivity contribution in [3.8, 4) is 11.1 Å². The van der Waals surface area contributed by atoms with Gasteiger partial charge in [-0.3, -0.25) is 15.0 Å². The molecule has 134 valence electrons. The van der Waals surface area contributed by atoms with E-state index in [2.05, 4.69) is 39.2 Å². The van der Waals surface area contributed by atoms with Crippen LogP contribution in [0.3, 0.4) is 0 Å². The topological polar surface area (TPSA) is 37.6 Å². The van der Waals surface area contributed by atoms with Gasteiger partial charge >= 0.3 is 0 Å². The Hall–Kier alpha value is -3.85. The van der Waals surface area contributed by atoms with Crippen molar-refractivity contribution in [2.75, 3.05) is 0 Å². The Morgan fingerprint density at radius 2 is 0.964 bits per heavy atom. The fourth-order valence-corrected chi connectivity index (χ4v) is 2.77. The minimum atomic E-state index is 0.921. The van der Waals surface area contributed by atoms with Crippen LogP contribution in [0.25, 0.3) is 11.1 Å². The smallest absolute Gasteiger partial charge is 0.0630 e. The van der Waals surface area contributed by atoms with Crippen molar-refractivity contribution in [2.24, 2.45) is 9.98 Å². The highest BCUT2D eigenvalue weighted by Crippen LogP contribution is 2.25. The predicted molar refractivity (Wildman–Crippen MR) is 117 cm³/mol. The van der Waals surface area contributed by atoms with Crippen molar-refractivity contribution in [2.45, 2.75) is 0 Å². The number of pyridine rings is 1. The second-order valence-corrected chi connectivity index (χ2v) is 6.30. The van der Waals surface area contributed by atoms with Crippen molar-refractivity contribution in [1.82, 2.24) is 4.98 Å². The zero-order valence-electron chi connectivity index (χ0n) is 15.3. The zero-order chi connectivity index (χ0) is 19.0. The maximum Gasteiger partial charge on any atom is 0.0630 e. The molecule has 0 radical (unpaired) electrons. The van der Waals surface area contributed by atoms with Gasteiger partial charge in [0.2, 0.25) is 0 Å². The maximum absolute atomic E-state index is 4.53. The summed E-state index contributed by atoms with van der Waals surface area (Å²) < 4.78 is 0. The van der Waals surface area contributed by atoms with E-state index in [1.165, 1.54) is 0 Å². The van der Waals surface area contributed by atoms with Crippen molar-refractivity contribution < 1.29 is 0 Å². The highest BCUT2D eigenvalue weighted by molar-refractivity contribution is 5.82. The van der Waals surface area contributed by atoms with Gasteiger partial charge in [-0.15, -0.1) is 0 Å². The van der Waals surface area contributed by atoms with E-state index in [-0.39, 0.29) is 0 Å². The molecule has 0 saturated carbocycles. The Morgan fingerprint density at radius 3 is 1.46 bits per heavy atom. The molecule has 0 amide bonds. The summed E-state index contributed by atoms with van der Waals surface area (Å²) in [5.74, 6) is 0. The van der Waals surface area contributed by atoms with Crippen LogP contribution in [-0.4, -0.2) is 17.4 Å². The summed E-state index contributed by atoms with van der Waals surface area (Å²) in [7, 11) is 0. The van der Waals surface area contributed by atoms with Gasteiger partial charge in [-0.2, -0.15) is 0 Å². The normalized spacial score (nSPS) is 11.3. The molecule has 0 N–H and O–H groups in total. The van der Waals surface area contributed by atoms with Gasteiger partial charge < -0.3 is 0 Å². The third-order valence-electron chi connectivity index (χ3n) is 4.30. The average Bonchev–Trinajstić information content (AvgIpc) is 2.78. The Kier molecular flexibility index (Phi) is 5.45. The summed E-state index contributed by atoms with van der Waals surface area (Å²) in [6.45, 7) is 0. The van der Waals surface area contributed by atoms with Crippen molar-refractivity contribution >= 4 is 23.8 Å². The molecule has 0 unspecified atom stereocenters. The van der Waals surface area contributed by atoms with Crippen LogP contribution in [-0.2, 0) is 0 Å². The summed E-state index contributed by atoms with van der Waals surface area (Å²) in [6.07, 6.45) is 7.25. The molecule has 1 heterocycles. The molecule has 4 aromatic rings. The first-order chi connectivity index (χ1) is 13.9. The first-order valence-corrected chi connectivity index (χ1v) is 9.10. The molecule has 0 aliphatic heterocycles. The van der Waals surface area contributed by atoms with Gasteiger partial charge in [0.05, 0.1) is 11.4 Å². The third kappa shape index (κ3) is 4.65. The van der Waals surface area contributed by atoms with Gasteiger partial charge in [-0.1, -0.05) is 54.6 Å². The van der Waals surface area contributed by atoms with Crippen LogP contribution in [0, 0.1) is 0 Å². The average molecular weight is 361 g/mol. The molecule has 0 saturated heterocycles. The Morgan fingerprint density at radius 1 is 0.500 bits per heavy atom. The van der Waals surface area contributed by atoms with Crippen LogP contribution in [0.15, 0.2) is 113 Å². The predicted octanol–water partition coefficient (Wildman–Crippen LogP) is 6.25. The molecule has 0 aliphatic carbocycles. The number of aliphatic imine (C=N–C) groups is 2. The van der Waals surface area contributed by atoms with Crippen LogP contribution in [0.2, 0.25) is 0 Å². The highest BCUT2D eigenvalue weighted by atomic mass is 14.7. The van der Waals surface area contributed by atoms with E-state index in [0.717, 1.165) is 33.6 Å². The molecule has 0 bridgehead atoms. The van der Waals surface area contributed by atoms with Gasteiger partial charge in [-0.25, -0.2) is 0 Å². The van der Waals surface area contributed by atoms with Crippen LogP contribution >= 0.6 is 0 Å². The minimum Gasteiger partial charge on any atom is -0.265 e. The van der Waals surface area contributed by atoms with E-state index in [4.69, 9.17) is 0 Å². The molecule has 0 aliphatic rings. The number of hydrogen-bond donors (Lipinski definition) is 0. The SMILES string of the molecule is C(=Nc1ccc(-c2ccc(N=Cc3ccncc3)cc2)cc1)c1ccccc1. The second kappa shape index (κ2) is 8.69. The molecular weight excluding hydrogens is 342 g/mol. The quantitative estimate of drug-likeness (QED) is 0.387. The van der Waals surface area contributed by atoms with E-state index in [9.17, 15) is 0 Å². The molecule has 4 rings (SSSR count). The van der Waals surface area contributed by atoms with E-state index in [0.29, 0.717) is 0 Å². The number of rotatable bonds is 5. The lowest BCUT2D eigenvalue weighted by Crippen LogP contribution is -1.81. The van der Waals surface area contributed by atoms with Gasteiger partial charge in [-0.05, 0) is 58.7 Å². The first kappa shape index (κ1) is 17.6. The lowest BCUT2D eigenvalue weighted by atomic mass is 10.1. The fraction of sp³-hybridized carbons (Fsp3) is 0. The third-order valence-corrected chi connectivity index (χ3v) is 4.30. The summed E-state index contributed by atoms with van der Waals surface area (Å²) in [5, 5.41) is 0. The number of aromatic nitrogens is 1. The minimum absolute atomic E-state index is 0.921. The molecule has 3 heteroatoms. The van der Waals surface area contributed by atoms with E-state index in [1.54, 1.807) is 12.4 Å². The van der Waals surface area contributed by atoms with E-state index in [1.807, 2.05) is 79.2 Å².